The molecule has 9 atom stereocenters. The molecule has 0 amide bonds. The molecule has 7 heteroatoms. The first-order valence-electron chi connectivity index (χ1n) is 32.2. The van der Waals surface area contributed by atoms with E-state index in [9.17, 15) is 24.9 Å². The lowest BCUT2D eigenvalue weighted by atomic mass is 9.55. The van der Waals surface area contributed by atoms with Crippen LogP contribution in [0.15, 0.2) is 146 Å². The zero-order valence-electron chi connectivity index (χ0n) is 51.2. The predicted molar refractivity (Wildman–Crippen MR) is 338 cm³/mol. The molecular weight excluding hydrogens is 1040 g/mol. The molecule has 3 N–H and O–H groups in total. The fraction of sp³-hybridized carbons (Fsp3) is 0.494. The number of ether oxygens (including phenoxy) is 2. The monoisotopic (exact) mass is 1130 g/mol. The Balaban J connectivity index is 0.000000141. The average Bonchev–Trinajstić information content (AvgIpc) is 1.46. The minimum absolute atomic E-state index is 0.0107. The quantitative estimate of drug-likeness (QED) is 0.0875. The van der Waals surface area contributed by atoms with Gasteiger partial charge in [-0.1, -0.05) is 141 Å². The molecular formula is C77H95O7+. The van der Waals surface area contributed by atoms with Crippen molar-refractivity contribution in [2.45, 2.75) is 208 Å². The molecule has 0 radical (unpaired) electrons. The minimum atomic E-state index is -0.651. The molecule has 0 saturated heterocycles. The Hall–Kier alpha value is -5.99. The van der Waals surface area contributed by atoms with E-state index in [4.69, 9.17) is 9.47 Å². The van der Waals surface area contributed by atoms with Gasteiger partial charge in [-0.15, -0.1) is 0 Å². The van der Waals surface area contributed by atoms with Crippen molar-refractivity contribution in [1.82, 2.24) is 0 Å². The van der Waals surface area contributed by atoms with Crippen molar-refractivity contribution in [1.29, 1.82) is 0 Å². The van der Waals surface area contributed by atoms with Crippen LogP contribution in [0.25, 0.3) is 0 Å². The Morgan fingerprint density at radius 1 is 0.464 bits per heavy atom. The van der Waals surface area contributed by atoms with Crippen molar-refractivity contribution in [2.24, 2.45) is 17.8 Å². The molecule has 0 aliphatic heterocycles. The van der Waals surface area contributed by atoms with Crippen LogP contribution in [0.3, 0.4) is 0 Å². The first kappa shape index (κ1) is 61.1. The summed E-state index contributed by atoms with van der Waals surface area (Å²) in [7, 11) is 2.87. The summed E-state index contributed by atoms with van der Waals surface area (Å²) in [5, 5.41) is 33.3. The lowest BCUT2D eigenvalue weighted by Crippen LogP contribution is -2.48. The van der Waals surface area contributed by atoms with Gasteiger partial charge in [-0.25, -0.2) is 9.59 Å². The highest BCUT2D eigenvalue weighted by atomic mass is 16.5. The highest BCUT2D eigenvalue weighted by Crippen LogP contribution is 2.57. The number of methoxy groups -OCH3 is 2. The van der Waals surface area contributed by atoms with E-state index in [1.165, 1.54) is 78.0 Å². The second-order valence-electron chi connectivity index (χ2n) is 26.9. The summed E-state index contributed by atoms with van der Waals surface area (Å²) in [5.41, 5.74) is 13.7. The number of hydrogen-bond acceptors (Lipinski definition) is 7. The van der Waals surface area contributed by atoms with Gasteiger partial charge < -0.3 is 24.8 Å². The molecule has 6 aliphatic carbocycles. The number of aliphatic hydroxyl groups is 3. The number of fused-ring (bicyclic) bond motifs is 9. The number of benzene rings is 6. The van der Waals surface area contributed by atoms with Gasteiger partial charge in [0.05, 0.1) is 43.5 Å². The Morgan fingerprint density at radius 3 is 1.14 bits per heavy atom. The summed E-state index contributed by atoms with van der Waals surface area (Å²) in [5.74, 6) is 0.890. The Morgan fingerprint density at radius 2 is 0.798 bits per heavy atom. The van der Waals surface area contributed by atoms with Gasteiger partial charge in [0.25, 0.3) is 0 Å². The third kappa shape index (κ3) is 12.8. The van der Waals surface area contributed by atoms with Crippen molar-refractivity contribution in [3.05, 3.63) is 219 Å². The smallest absolute Gasteiger partial charge is 0.337 e. The fourth-order valence-corrected chi connectivity index (χ4v) is 17.3. The van der Waals surface area contributed by atoms with Gasteiger partial charge in [-0.2, -0.15) is 0 Å². The van der Waals surface area contributed by atoms with Gasteiger partial charge in [0.1, 0.15) is 12.0 Å². The van der Waals surface area contributed by atoms with Gasteiger partial charge in [0.15, 0.2) is 0 Å². The lowest BCUT2D eigenvalue weighted by Gasteiger charge is -2.50. The Kier molecular flexibility index (Phi) is 18.9. The number of aryl methyl sites for hydroxylation is 4. The highest BCUT2D eigenvalue weighted by molar-refractivity contribution is 5.90. The van der Waals surface area contributed by atoms with Crippen LogP contribution in [0.2, 0.25) is 0 Å². The number of esters is 2. The molecule has 3 fully saturated rings. The van der Waals surface area contributed by atoms with E-state index in [0.29, 0.717) is 35.3 Å². The molecule has 12 rings (SSSR count). The molecule has 7 nitrogen and oxygen atoms in total. The molecule has 444 valence electrons. The van der Waals surface area contributed by atoms with Gasteiger partial charge in [0.2, 0.25) is 0 Å². The summed E-state index contributed by atoms with van der Waals surface area (Å²) in [6, 6.07) is 51.9. The van der Waals surface area contributed by atoms with Crippen LogP contribution < -0.4 is 0 Å². The third-order valence-corrected chi connectivity index (χ3v) is 22.1. The first-order chi connectivity index (χ1) is 40.5. The molecule has 0 unspecified atom stereocenters. The lowest BCUT2D eigenvalue weighted by molar-refractivity contribution is -0.0500. The van der Waals surface area contributed by atoms with Gasteiger partial charge >= 0.3 is 11.9 Å². The van der Waals surface area contributed by atoms with E-state index in [1.54, 1.807) is 11.1 Å². The molecule has 0 aromatic heterocycles. The summed E-state index contributed by atoms with van der Waals surface area (Å²) in [6.07, 6.45) is 23.6. The van der Waals surface area contributed by atoms with Crippen LogP contribution in [0.5, 0.6) is 0 Å². The Bertz CT molecular complexity index is 3040. The highest BCUT2D eigenvalue weighted by Gasteiger charge is 2.53. The van der Waals surface area contributed by atoms with Gasteiger partial charge in [0, 0.05) is 16.2 Å². The summed E-state index contributed by atoms with van der Waals surface area (Å²) in [4.78, 5) is 24.2. The second-order valence-corrected chi connectivity index (χ2v) is 26.9. The van der Waals surface area contributed by atoms with Crippen LogP contribution in [0, 0.1) is 31.6 Å². The fourth-order valence-electron chi connectivity index (χ4n) is 17.3. The van der Waals surface area contributed by atoms with E-state index in [0.717, 1.165) is 128 Å². The van der Waals surface area contributed by atoms with Gasteiger partial charge in [-0.05, 0) is 247 Å². The number of rotatable bonds is 11. The zero-order valence-corrected chi connectivity index (χ0v) is 51.2. The van der Waals surface area contributed by atoms with E-state index in [2.05, 4.69) is 155 Å². The van der Waals surface area contributed by atoms with E-state index in [1.807, 2.05) is 18.2 Å². The number of hydrogen-bond donors (Lipinski definition) is 3. The van der Waals surface area contributed by atoms with Crippen molar-refractivity contribution >= 4 is 11.9 Å². The van der Waals surface area contributed by atoms with Crippen LogP contribution in [0.4, 0.5) is 0 Å². The molecule has 6 aromatic carbocycles. The van der Waals surface area contributed by atoms with Crippen molar-refractivity contribution < 1.29 is 34.4 Å². The Labute approximate surface area is 503 Å². The largest absolute Gasteiger partial charge is 0.465 e. The van der Waals surface area contributed by atoms with Crippen molar-refractivity contribution in [2.75, 3.05) is 14.2 Å². The van der Waals surface area contributed by atoms with Gasteiger partial charge in [-0.3, -0.25) is 0 Å². The van der Waals surface area contributed by atoms with Crippen LogP contribution in [-0.2, 0) is 64.2 Å². The second kappa shape index (κ2) is 25.9. The number of carbonyl (C=O) groups is 2. The molecule has 84 heavy (non-hydrogen) atoms. The molecule has 6 aliphatic rings. The predicted octanol–water partition coefficient (Wildman–Crippen LogP) is 16.0. The molecule has 6 aromatic rings. The average molecular weight is 1130 g/mol. The van der Waals surface area contributed by atoms with Crippen LogP contribution >= 0.6 is 0 Å². The summed E-state index contributed by atoms with van der Waals surface area (Å²) < 4.78 is 9.90. The molecule has 0 spiro atoms. The molecule has 3 saturated carbocycles. The van der Waals surface area contributed by atoms with E-state index < -0.39 is 16.8 Å². The minimum Gasteiger partial charge on any atom is -0.465 e. The van der Waals surface area contributed by atoms with Crippen molar-refractivity contribution in [3.8, 4) is 0 Å². The first-order valence-corrected chi connectivity index (χ1v) is 32.2. The summed E-state index contributed by atoms with van der Waals surface area (Å²) >= 11 is 0. The number of carbonyl (C=O) groups excluding carboxylic acids is 2. The van der Waals surface area contributed by atoms with Crippen molar-refractivity contribution in [3.63, 3.8) is 0 Å². The normalized spacial score (nSPS) is 29.4. The topological polar surface area (TPSA) is 113 Å². The summed E-state index contributed by atoms with van der Waals surface area (Å²) in [6.45, 7) is 10.5. The molecule has 0 heterocycles. The molecule has 0 bridgehead atoms. The van der Waals surface area contributed by atoms with E-state index >= 15 is 0 Å². The zero-order chi connectivity index (χ0) is 59.2. The maximum Gasteiger partial charge on any atom is 0.337 e. The third-order valence-electron chi connectivity index (χ3n) is 22.1. The maximum absolute atomic E-state index is 12.1. The van der Waals surface area contributed by atoms with Crippen LogP contribution in [-0.4, -0.2) is 58.3 Å². The standard InChI is InChI=1S/C26H32O3.C26H31O3.C25H32O/c2*1-3-25(28)14-15-26(17-19-8-5-4-6-9-19)22(18-25)11-7-10-20-16-21(24(27)29-2)12-13-23(20)26;1-3-24(26)14-15-25(17-20-8-5-4-6-9-20)22(18-24)11-7-10-21-16-19(2)12-13-23(21)25/h4-6,8-9,12-13,16,22,28H,3,7,10-11,14-15,17-18H2,1-2H3;4-6,8-9,12-13,16,22,28H,1,3,7,10-11,14-15,17-18H2,2H3;4-6,8-9,12-13,16,22,26H,3,7,10-11,14-15,17-18H2,1-2H3/q;+1;/t2*22-,25+,26-;22-,24+,25-/m100/s1. The maximum atomic E-state index is 12.1. The van der Waals surface area contributed by atoms with E-state index in [-0.39, 0.29) is 28.2 Å². The SMILES string of the molecule is CC[C@@]1(O)CC[C@@]2(Cc3ccccc3)c3ccc(C)cc3CCC[C@H]2C1.CC[C@]1(O)CC[C@]2(Cc3ccccc3)c3ccc(C(=O)OC)cc3CCC[C@@H]2C1.[CH2+]C[C@@]1(O)CC[C@@]2(Cc3ccccc3)c3ccc(C(=O)OC)cc3CCC[C@H]2C1. The van der Waals surface area contributed by atoms with Crippen LogP contribution in [0.1, 0.15) is 206 Å².